The highest BCUT2D eigenvalue weighted by atomic mass is 16.6. The van der Waals surface area contributed by atoms with E-state index in [9.17, 15) is 19.5 Å². The number of alkyl carbamates (subject to hydrolysis) is 1. The number of nitrogens with one attached hydrogen (secondary N) is 2. The number of aliphatic hydroxyl groups is 1. The quantitative estimate of drug-likeness (QED) is 0.552. The number of amides is 3. The highest BCUT2D eigenvalue weighted by molar-refractivity contribution is 5.92. The normalized spacial score (nSPS) is 13.3. The van der Waals surface area contributed by atoms with Gasteiger partial charge in [0.25, 0.3) is 0 Å². The number of aryl methyl sites for hydroxylation is 1. The van der Waals surface area contributed by atoms with Crippen LogP contribution in [0.1, 0.15) is 65.6 Å². The number of rotatable bonds is 9. The first kappa shape index (κ1) is 26.4. The zero-order valence-electron chi connectivity index (χ0n) is 19.7. The monoisotopic (exact) mass is 435 g/mol. The molecule has 2 unspecified atom stereocenters. The van der Waals surface area contributed by atoms with Crippen molar-refractivity contribution < 1.29 is 24.2 Å². The Morgan fingerprint density at radius 3 is 2.10 bits per heavy atom. The van der Waals surface area contributed by atoms with Crippen molar-refractivity contribution in [3.05, 3.63) is 35.4 Å². The summed E-state index contributed by atoms with van der Waals surface area (Å²) in [6, 6.07) is 5.42. The van der Waals surface area contributed by atoms with Gasteiger partial charge in [0.1, 0.15) is 17.7 Å². The van der Waals surface area contributed by atoms with Crippen molar-refractivity contribution in [2.24, 2.45) is 0 Å². The van der Waals surface area contributed by atoms with Crippen molar-refractivity contribution >= 4 is 17.9 Å². The molecule has 8 nitrogen and oxygen atoms in total. The predicted octanol–water partition coefficient (Wildman–Crippen LogP) is 2.55. The Hall–Kier alpha value is -2.61. The Labute approximate surface area is 185 Å². The smallest absolute Gasteiger partial charge is 0.408 e. The maximum absolute atomic E-state index is 13.2. The third-order valence-electron chi connectivity index (χ3n) is 4.42. The van der Waals surface area contributed by atoms with E-state index in [2.05, 4.69) is 10.6 Å². The SMILES string of the molecule is CCc1ccc(C(C(=O)NC(C)C)N(CCO)C(=O)C(C)NC(=O)OC(C)(C)C)cc1. The van der Waals surface area contributed by atoms with Crippen LogP contribution in [0.3, 0.4) is 0 Å². The lowest BCUT2D eigenvalue weighted by atomic mass is 10.0. The summed E-state index contributed by atoms with van der Waals surface area (Å²) in [5, 5.41) is 15.0. The Kier molecular flexibility index (Phi) is 9.97. The van der Waals surface area contributed by atoms with Crippen molar-refractivity contribution in [3.63, 3.8) is 0 Å². The molecule has 0 aliphatic heterocycles. The van der Waals surface area contributed by atoms with Crippen LogP contribution in [-0.4, -0.2) is 58.8 Å². The summed E-state index contributed by atoms with van der Waals surface area (Å²) < 4.78 is 5.22. The highest BCUT2D eigenvalue weighted by Crippen LogP contribution is 2.23. The van der Waals surface area contributed by atoms with E-state index in [4.69, 9.17) is 4.74 Å². The first-order chi connectivity index (χ1) is 14.4. The molecule has 3 amide bonds. The van der Waals surface area contributed by atoms with Crippen LogP contribution < -0.4 is 10.6 Å². The fourth-order valence-corrected chi connectivity index (χ4v) is 3.04. The molecule has 0 bridgehead atoms. The minimum Gasteiger partial charge on any atom is -0.444 e. The molecule has 0 aliphatic carbocycles. The first-order valence-corrected chi connectivity index (χ1v) is 10.7. The van der Waals surface area contributed by atoms with E-state index in [1.807, 2.05) is 45.0 Å². The fraction of sp³-hybridized carbons (Fsp3) is 0.609. The Morgan fingerprint density at radius 1 is 1.06 bits per heavy atom. The number of carbonyl (C=O) groups is 3. The van der Waals surface area contributed by atoms with Crippen LogP contribution in [0.5, 0.6) is 0 Å². The standard InChI is InChI=1S/C23H37N3O5/c1-8-17-9-11-18(12-10-17)19(20(28)24-15(2)3)26(13-14-27)21(29)16(4)25-22(30)31-23(5,6)7/h9-12,15-16,19,27H,8,13-14H2,1-7H3,(H,24,28)(H,25,30). The Balaban J connectivity index is 3.22. The predicted molar refractivity (Wildman–Crippen MR) is 119 cm³/mol. The number of ether oxygens (including phenoxy) is 1. The second kappa shape index (κ2) is 11.7. The van der Waals surface area contributed by atoms with Gasteiger partial charge in [-0.05, 0) is 59.1 Å². The third kappa shape index (κ3) is 8.57. The zero-order valence-corrected chi connectivity index (χ0v) is 19.7. The molecule has 31 heavy (non-hydrogen) atoms. The molecule has 0 spiro atoms. The van der Waals surface area contributed by atoms with Gasteiger partial charge >= 0.3 is 6.09 Å². The topological polar surface area (TPSA) is 108 Å². The van der Waals surface area contributed by atoms with Gasteiger partial charge in [-0.3, -0.25) is 9.59 Å². The van der Waals surface area contributed by atoms with Crippen LogP contribution in [0.2, 0.25) is 0 Å². The second-order valence-electron chi connectivity index (χ2n) is 8.78. The molecule has 0 saturated heterocycles. The summed E-state index contributed by atoms with van der Waals surface area (Å²) in [4.78, 5) is 39.7. The van der Waals surface area contributed by atoms with Crippen LogP contribution >= 0.6 is 0 Å². The van der Waals surface area contributed by atoms with Gasteiger partial charge < -0.3 is 25.4 Å². The second-order valence-corrected chi connectivity index (χ2v) is 8.78. The summed E-state index contributed by atoms with van der Waals surface area (Å²) in [6.07, 6.45) is 0.118. The lowest BCUT2D eigenvalue weighted by Crippen LogP contribution is -2.53. The lowest BCUT2D eigenvalue weighted by Gasteiger charge is -2.33. The van der Waals surface area contributed by atoms with Gasteiger partial charge in [-0.25, -0.2) is 4.79 Å². The van der Waals surface area contributed by atoms with E-state index < -0.39 is 29.7 Å². The Bertz CT molecular complexity index is 741. The summed E-state index contributed by atoms with van der Waals surface area (Å²) in [6.45, 7) is 12.0. The van der Waals surface area contributed by atoms with Crippen molar-refractivity contribution in [1.29, 1.82) is 0 Å². The third-order valence-corrected chi connectivity index (χ3v) is 4.42. The molecule has 1 rings (SSSR count). The molecule has 0 aliphatic rings. The number of nitrogens with zero attached hydrogens (tertiary/aromatic N) is 1. The number of benzene rings is 1. The molecule has 174 valence electrons. The van der Waals surface area contributed by atoms with Crippen LogP contribution in [0.15, 0.2) is 24.3 Å². The largest absolute Gasteiger partial charge is 0.444 e. The molecular weight excluding hydrogens is 398 g/mol. The number of hydrogen-bond donors (Lipinski definition) is 3. The summed E-state index contributed by atoms with van der Waals surface area (Å²) in [5.74, 6) is -0.853. The van der Waals surface area contributed by atoms with E-state index in [1.165, 1.54) is 11.8 Å². The molecule has 1 aromatic carbocycles. The van der Waals surface area contributed by atoms with Crippen molar-refractivity contribution in [2.45, 2.75) is 78.6 Å². The van der Waals surface area contributed by atoms with Gasteiger partial charge in [0, 0.05) is 12.6 Å². The van der Waals surface area contributed by atoms with Crippen LogP contribution in [0.25, 0.3) is 0 Å². The van der Waals surface area contributed by atoms with Gasteiger partial charge in [0.2, 0.25) is 11.8 Å². The van der Waals surface area contributed by atoms with Gasteiger partial charge in [-0.2, -0.15) is 0 Å². The number of hydrogen-bond acceptors (Lipinski definition) is 5. The van der Waals surface area contributed by atoms with Gasteiger partial charge in [0.15, 0.2) is 0 Å². The van der Waals surface area contributed by atoms with Crippen molar-refractivity contribution in [3.8, 4) is 0 Å². The van der Waals surface area contributed by atoms with Crippen LogP contribution in [0.4, 0.5) is 4.79 Å². The zero-order chi connectivity index (χ0) is 23.8. The molecular formula is C23H37N3O5. The minimum atomic E-state index is -0.953. The molecule has 3 N–H and O–H groups in total. The van der Waals surface area contributed by atoms with Crippen LogP contribution in [0, 0.1) is 0 Å². The van der Waals surface area contributed by atoms with Gasteiger partial charge in [-0.1, -0.05) is 31.2 Å². The minimum absolute atomic E-state index is 0.0646. The maximum Gasteiger partial charge on any atom is 0.408 e. The first-order valence-electron chi connectivity index (χ1n) is 10.7. The number of aliphatic hydroxyl groups excluding tert-OH is 1. The number of carbonyl (C=O) groups excluding carboxylic acids is 3. The molecule has 0 heterocycles. The summed E-state index contributed by atoms with van der Waals surface area (Å²) in [5.41, 5.74) is 1.02. The molecule has 0 saturated carbocycles. The van der Waals surface area contributed by atoms with E-state index in [-0.39, 0.29) is 25.1 Å². The van der Waals surface area contributed by atoms with Gasteiger partial charge in [-0.15, -0.1) is 0 Å². The average molecular weight is 436 g/mol. The molecule has 2 atom stereocenters. The lowest BCUT2D eigenvalue weighted by molar-refractivity contribution is -0.143. The van der Waals surface area contributed by atoms with Gasteiger partial charge in [0.05, 0.1) is 6.61 Å². The van der Waals surface area contributed by atoms with E-state index in [0.29, 0.717) is 5.56 Å². The van der Waals surface area contributed by atoms with Crippen molar-refractivity contribution in [1.82, 2.24) is 15.5 Å². The highest BCUT2D eigenvalue weighted by Gasteiger charge is 2.34. The van der Waals surface area contributed by atoms with Crippen molar-refractivity contribution in [2.75, 3.05) is 13.2 Å². The molecule has 1 aromatic rings. The summed E-state index contributed by atoms with van der Waals surface area (Å²) >= 11 is 0. The molecule has 0 radical (unpaired) electrons. The summed E-state index contributed by atoms with van der Waals surface area (Å²) in [7, 11) is 0. The van der Waals surface area contributed by atoms with E-state index in [1.54, 1.807) is 20.8 Å². The molecule has 0 aromatic heterocycles. The van der Waals surface area contributed by atoms with E-state index in [0.717, 1.165) is 12.0 Å². The van der Waals surface area contributed by atoms with E-state index >= 15 is 0 Å². The Morgan fingerprint density at radius 2 is 1.65 bits per heavy atom. The molecule has 0 fully saturated rings. The average Bonchev–Trinajstić information content (AvgIpc) is 2.65. The maximum atomic E-state index is 13.2. The van der Waals surface area contributed by atoms with Crippen LogP contribution in [-0.2, 0) is 20.7 Å². The fourth-order valence-electron chi connectivity index (χ4n) is 3.04. The molecule has 8 heteroatoms.